The van der Waals surface area contributed by atoms with Gasteiger partial charge < -0.3 is 5.32 Å². The Hall–Kier alpha value is -0.820. The van der Waals surface area contributed by atoms with Crippen LogP contribution < -0.4 is 5.32 Å². The Morgan fingerprint density at radius 1 is 1.19 bits per heavy atom. The molecule has 1 aliphatic rings. The SMILES string of the molecule is CCNC(CCC1CCCC1)c1cccc(CC(C)C)c1. The smallest absolute Gasteiger partial charge is 0.0320 e. The summed E-state index contributed by atoms with van der Waals surface area (Å²) in [6.07, 6.45) is 9.73. The maximum absolute atomic E-state index is 3.70. The molecule has 0 aromatic heterocycles. The van der Waals surface area contributed by atoms with E-state index in [1.54, 1.807) is 0 Å². The van der Waals surface area contributed by atoms with Crippen LogP contribution in [-0.2, 0) is 6.42 Å². The van der Waals surface area contributed by atoms with E-state index in [1.807, 2.05) is 0 Å². The lowest BCUT2D eigenvalue weighted by atomic mass is 9.92. The molecule has 1 atom stereocenters. The number of nitrogens with one attached hydrogen (secondary N) is 1. The summed E-state index contributed by atoms with van der Waals surface area (Å²) in [4.78, 5) is 0. The Kier molecular flexibility index (Phi) is 6.76. The summed E-state index contributed by atoms with van der Waals surface area (Å²) in [6, 6.07) is 9.81. The molecule has 118 valence electrons. The van der Waals surface area contributed by atoms with Crippen LogP contribution in [0.1, 0.15) is 76.5 Å². The minimum atomic E-state index is 0.544. The van der Waals surface area contributed by atoms with Gasteiger partial charge in [-0.3, -0.25) is 0 Å². The average molecular weight is 287 g/mol. The molecule has 0 saturated heterocycles. The molecule has 0 spiro atoms. The van der Waals surface area contributed by atoms with Crippen LogP contribution in [0.3, 0.4) is 0 Å². The van der Waals surface area contributed by atoms with Gasteiger partial charge in [-0.25, -0.2) is 0 Å². The van der Waals surface area contributed by atoms with Crippen LogP contribution in [0.5, 0.6) is 0 Å². The normalized spacial score (nSPS) is 17.5. The maximum Gasteiger partial charge on any atom is 0.0320 e. The molecule has 0 heterocycles. The van der Waals surface area contributed by atoms with E-state index in [0.29, 0.717) is 6.04 Å². The molecule has 0 amide bonds. The Bertz CT molecular complexity index is 404. The summed E-state index contributed by atoms with van der Waals surface area (Å²) in [5.41, 5.74) is 2.99. The summed E-state index contributed by atoms with van der Waals surface area (Å²) >= 11 is 0. The summed E-state index contributed by atoms with van der Waals surface area (Å²) in [7, 11) is 0. The van der Waals surface area contributed by atoms with E-state index < -0.39 is 0 Å². The second-order valence-electron chi connectivity index (χ2n) is 7.18. The zero-order valence-corrected chi connectivity index (χ0v) is 14.2. The highest BCUT2D eigenvalue weighted by Crippen LogP contribution is 2.31. The van der Waals surface area contributed by atoms with Gasteiger partial charge in [-0.15, -0.1) is 0 Å². The molecule has 21 heavy (non-hydrogen) atoms. The largest absolute Gasteiger partial charge is 0.310 e. The van der Waals surface area contributed by atoms with Crippen molar-refractivity contribution in [2.24, 2.45) is 11.8 Å². The third-order valence-corrected chi connectivity index (χ3v) is 4.79. The van der Waals surface area contributed by atoms with Gasteiger partial charge in [0, 0.05) is 6.04 Å². The van der Waals surface area contributed by atoms with Gasteiger partial charge in [-0.1, -0.05) is 70.7 Å². The first-order valence-corrected chi connectivity index (χ1v) is 9.01. The molecule has 1 fully saturated rings. The molecule has 1 unspecified atom stereocenters. The molecule has 1 nitrogen and oxygen atoms in total. The van der Waals surface area contributed by atoms with Crippen molar-refractivity contribution in [3.05, 3.63) is 35.4 Å². The lowest BCUT2D eigenvalue weighted by Gasteiger charge is -2.21. The zero-order valence-electron chi connectivity index (χ0n) is 14.2. The highest BCUT2D eigenvalue weighted by Gasteiger charge is 2.18. The predicted octanol–water partition coefficient (Wildman–Crippen LogP) is 5.51. The van der Waals surface area contributed by atoms with E-state index in [0.717, 1.165) is 18.4 Å². The molecule has 0 radical (unpaired) electrons. The minimum Gasteiger partial charge on any atom is -0.310 e. The van der Waals surface area contributed by atoms with Gasteiger partial charge in [0.1, 0.15) is 0 Å². The third kappa shape index (κ3) is 5.47. The van der Waals surface area contributed by atoms with E-state index in [2.05, 4.69) is 50.4 Å². The second-order valence-corrected chi connectivity index (χ2v) is 7.18. The lowest BCUT2D eigenvalue weighted by molar-refractivity contribution is 0.416. The van der Waals surface area contributed by atoms with E-state index in [9.17, 15) is 0 Å². The third-order valence-electron chi connectivity index (χ3n) is 4.79. The Balaban J connectivity index is 1.98. The Labute approximate surface area is 131 Å². The fourth-order valence-corrected chi connectivity index (χ4v) is 3.74. The van der Waals surface area contributed by atoms with Crippen LogP contribution in [0.2, 0.25) is 0 Å². The van der Waals surface area contributed by atoms with Gasteiger partial charge in [-0.05, 0) is 48.8 Å². The van der Waals surface area contributed by atoms with E-state index >= 15 is 0 Å². The van der Waals surface area contributed by atoms with Crippen LogP contribution in [0.4, 0.5) is 0 Å². The minimum absolute atomic E-state index is 0.544. The quantitative estimate of drug-likeness (QED) is 0.665. The van der Waals surface area contributed by atoms with Crippen LogP contribution in [0, 0.1) is 11.8 Å². The molecule has 1 aromatic carbocycles. The van der Waals surface area contributed by atoms with Crippen molar-refractivity contribution < 1.29 is 0 Å². The van der Waals surface area contributed by atoms with Crippen LogP contribution in [0.15, 0.2) is 24.3 Å². The first-order chi connectivity index (χ1) is 10.2. The number of rotatable bonds is 8. The van der Waals surface area contributed by atoms with E-state index in [-0.39, 0.29) is 0 Å². The topological polar surface area (TPSA) is 12.0 Å². The molecule has 1 saturated carbocycles. The summed E-state index contributed by atoms with van der Waals surface area (Å²) in [6.45, 7) is 7.88. The summed E-state index contributed by atoms with van der Waals surface area (Å²) in [5, 5.41) is 3.70. The first kappa shape index (κ1) is 16.5. The monoisotopic (exact) mass is 287 g/mol. The molecule has 1 N–H and O–H groups in total. The summed E-state index contributed by atoms with van der Waals surface area (Å²) < 4.78 is 0. The van der Waals surface area contributed by atoms with Crippen molar-refractivity contribution in [2.75, 3.05) is 6.54 Å². The van der Waals surface area contributed by atoms with Gasteiger partial charge in [0.2, 0.25) is 0 Å². The van der Waals surface area contributed by atoms with Gasteiger partial charge in [0.25, 0.3) is 0 Å². The second kappa shape index (κ2) is 8.58. The average Bonchev–Trinajstić information content (AvgIpc) is 2.96. The molecule has 0 aliphatic heterocycles. The van der Waals surface area contributed by atoms with Crippen molar-refractivity contribution in [1.82, 2.24) is 5.32 Å². The first-order valence-electron chi connectivity index (χ1n) is 9.01. The molecule has 1 aliphatic carbocycles. The fourth-order valence-electron chi connectivity index (χ4n) is 3.74. The van der Waals surface area contributed by atoms with Crippen LogP contribution in [-0.4, -0.2) is 6.54 Å². The number of benzene rings is 1. The van der Waals surface area contributed by atoms with Crippen molar-refractivity contribution in [3.8, 4) is 0 Å². The van der Waals surface area contributed by atoms with Gasteiger partial charge in [0.15, 0.2) is 0 Å². The summed E-state index contributed by atoms with van der Waals surface area (Å²) in [5.74, 6) is 1.72. The van der Waals surface area contributed by atoms with Crippen LogP contribution in [0.25, 0.3) is 0 Å². The molecule has 2 rings (SSSR count). The van der Waals surface area contributed by atoms with Crippen LogP contribution >= 0.6 is 0 Å². The number of hydrogen-bond acceptors (Lipinski definition) is 1. The Morgan fingerprint density at radius 2 is 1.95 bits per heavy atom. The maximum atomic E-state index is 3.70. The molecule has 0 bridgehead atoms. The van der Waals surface area contributed by atoms with Crippen molar-refractivity contribution >= 4 is 0 Å². The zero-order chi connectivity index (χ0) is 15.1. The van der Waals surface area contributed by atoms with E-state index in [1.165, 1.54) is 56.1 Å². The van der Waals surface area contributed by atoms with Gasteiger partial charge in [0.05, 0.1) is 0 Å². The molecule has 1 heteroatoms. The molecular formula is C20H33N. The van der Waals surface area contributed by atoms with Gasteiger partial charge in [-0.2, -0.15) is 0 Å². The van der Waals surface area contributed by atoms with Crippen molar-refractivity contribution in [3.63, 3.8) is 0 Å². The fraction of sp³-hybridized carbons (Fsp3) is 0.700. The van der Waals surface area contributed by atoms with Crippen molar-refractivity contribution in [1.29, 1.82) is 0 Å². The van der Waals surface area contributed by atoms with Gasteiger partial charge >= 0.3 is 0 Å². The van der Waals surface area contributed by atoms with Crippen molar-refractivity contribution in [2.45, 2.75) is 71.8 Å². The Morgan fingerprint density at radius 3 is 2.62 bits per heavy atom. The lowest BCUT2D eigenvalue weighted by Crippen LogP contribution is -2.21. The predicted molar refractivity (Wildman–Crippen MR) is 92.6 cm³/mol. The molecule has 1 aromatic rings. The molecular weight excluding hydrogens is 254 g/mol. The highest BCUT2D eigenvalue weighted by molar-refractivity contribution is 5.26. The standard InChI is InChI=1S/C20H33N/c1-4-21-20(13-12-17-8-5-6-9-17)19-11-7-10-18(15-19)14-16(2)3/h7,10-11,15-17,20-21H,4-6,8-9,12-14H2,1-3H3. The van der Waals surface area contributed by atoms with E-state index in [4.69, 9.17) is 0 Å². The number of hydrogen-bond donors (Lipinski definition) is 1. The highest BCUT2D eigenvalue weighted by atomic mass is 14.9.